The first-order chi connectivity index (χ1) is 8.02. The maximum atomic E-state index is 3.63. The molecule has 3 heteroatoms. The summed E-state index contributed by atoms with van der Waals surface area (Å²) in [6.45, 7) is 0. The van der Waals surface area contributed by atoms with Gasteiger partial charge in [-0.1, -0.05) is 28.1 Å². The number of hydrogen-bond donors (Lipinski definition) is 0. The van der Waals surface area contributed by atoms with Crippen molar-refractivity contribution in [3.63, 3.8) is 0 Å². The summed E-state index contributed by atoms with van der Waals surface area (Å²) in [7, 11) is 8.31. The lowest BCUT2D eigenvalue weighted by Gasteiger charge is -2.22. The first kappa shape index (κ1) is 12.2. The summed E-state index contributed by atoms with van der Waals surface area (Å²) in [6.07, 6.45) is 0. The molecule has 0 heterocycles. The second-order valence-corrected chi connectivity index (χ2v) is 5.41. The van der Waals surface area contributed by atoms with E-state index in [1.54, 1.807) is 0 Å². The van der Waals surface area contributed by atoms with Crippen molar-refractivity contribution in [2.75, 3.05) is 38.0 Å². The number of nitrogens with zero attached hydrogens (tertiary/aromatic N) is 2. The number of hydrogen-bond acceptors (Lipinski definition) is 2. The van der Waals surface area contributed by atoms with Gasteiger partial charge >= 0.3 is 0 Å². The first-order valence-corrected chi connectivity index (χ1v) is 6.37. The Morgan fingerprint density at radius 3 is 2.00 bits per heavy atom. The van der Waals surface area contributed by atoms with Crippen LogP contribution in [0.4, 0.5) is 11.4 Å². The molecule has 0 N–H and O–H groups in total. The monoisotopic (exact) mass is 292 g/mol. The molecular weight excluding hydrogens is 276 g/mol. The molecule has 0 fully saturated rings. The van der Waals surface area contributed by atoms with Crippen LogP contribution in [0.2, 0.25) is 0 Å². The zero-order valence-corrected chi connectivity index (χ0v) is 12.2. The molecule has 0 aliphatic carbocycles. The summed E-state index contributed by atoms with van der Waals surface area (Å²) < 4.78 is 1.14. The van der Waals surface area contributed by atoms with Crippen LogP contribution in [0.15, 0.2) is 34.8 Å². The van der Waals surface area contributed by atoms with Gasteiger partial charge in [0.2, 0.25) is 0 Å². The van der Waals surface area contributed by atoms with Crippen LogP contribution >= 0.6 is 15.9 Å². The molecule has 0 atom stereocenters. The largest absolute Gasteiger partial charge is 0.377 e. The fourth-order valence-electron chi connectivity index (χ4n) is 2.08. The summed E-state index contributed by atoms with van der Waals surface area (Å²) in [5.41, 5.74) is 2.49. The Morgan fingerprint density at radius 1 is 0.824 bits per heavy atom. The number of anilines is 2. The molecule has 0 saturated heterocycles. The Balaban J connectivity index is 2.89. The third-order valence-electron chi connectivity index (χ3n) is 2.91. The van der Waals surface area contributed by atoms with E-state index in [4.69, 9.17) is 0 Å². The van der Waals surface area contributed by atoms with Gasteiger partial charge in [0.25, 0.3) is 0 Å². The molecule has 90 valence electrons. The van der Waals surface area contributed by atoms with Crippen molar-refractivity contribution in [2.24, 2.45) is 0 Å². The Kier molecular flexibility index (Phi) is 3.29. The Morgan fingerprint density at radius 2 is 1.41 bits per heavy atom. The van der Waals surface area contributed by atoms with Gasteiger partial charge in [0.15, 0.2) is 0 Å². The third kappa shape index (κ3) is 2.12. The highest BCUT2D eigenvalue weighted by molar-refractivity contribution is 9.10. The number of rotatable bonds is 2. The van der Waals surface area contributed by atoms with Gasteiger partial charge in [-0.3, -0.25) is 0 Å². The molecule has 0 aliphatic heterocycles. The topological polar surface area (TPSA) is 6.48 Å². The highest BCUT2D eigenvalue weighted by Crippen LogP contribution is 2.37. The summed E-state index contributed by atoms with van der Waals surface area (Å²) in [5.74, 6) is 0. The molecule has 17 heavy (non-hydrogen) atoms. The predicted molar refractivity (Wildman–Crippen MR) is 80.3 cm³/mol. The molecule has 0 saturated carbocycles. The summed E-state index contributed by atoms with van der Waals surface area (Å²) in [4.78, 5) is 4.31. The minimum atomic E-state index is 1.14. The van der Waals surface area contributed by atoms with E-state index in [-0.39, 0.29) is 0 Å². The van der Waals surface area contributed by atoms with Crippen molar-refractivity contribution >= 4 is 38.1 Å². The van der Waals surface area contributed by atoms with Gasteiger partial charge < -0.3 is 9.80 Å². The zero-order chi connectivity index (χ0) is 12.6. The Hall–Kier alpha value is -1.22. The van der Waals surface area contributed by atoms with E-state index in [9.17, 15) is 0 Å². The highest BCUT2D eigenvalue weighted by Gasteiger charge is 2.11. The molecule has 0 aliphatic rings. The quantitative estimate of drug-likeness (QED) is 0.832. The second kappa shape index (κ2) is 4.57. The zero-order valence-electron chi connectivity index (χ0n) is 10.7. The van der Waals surface area contributed by atoms with E-state index >= 15 is 0 Å². The molecule has 0 unspecified atom stereocenters. The fourth-order valence-corrected chi connectivity index (χ4v) is 2.54. The lowest BCUT2D eigenvalue weighted by molar-refractivity contribution is 1.12. The SMILES string of the molecule is CN(C)c1cccc2c(Br)ccc(N(C)C)c12. The van der Waals surface area contributed by atoms with E-state index in [1.165, 1.54) is 22.1 Å². The summed E-state index contributed by atoms with van der Waals surface area (Å²) in [6, 6.07) is 10.7. The van der Waals surface area contributed by atoms with Crippen LogP contribution in [0.25, 0.3) is 10.8 Å². The number of benzene rings is 2. The molecule has 2 aromatic rings. The third-order valence-corrected chi connectivity index (χ3v) is 3.60. The van der Waals surface area contributed by atoms with Crippen LogP contribution in [-0.2, 0) is 0 Å². The lowest BCUT2D eigenvalue weighted by atomic mass is 10.1. The number of fused-ring (bicyclic) bond motifs is 1. The Labute approximate surface area is 111 Å². The first-order valence-electron chi connectivity index (χ1n) is 5.58. The van der Waals surface area contributed by atoms with Crippen molar-refractivity contribution in [3.8, 4) is 0 Å². The lowest BCUT2D eigenvalue weighted by Crippen LogP contribution is -2.13. The van der Waals surface area contributed by atoms with Gasteiger partial charge in [-0.15, -0.1) is 0 Å². The van der Waals surface area contributed by atoms with Crippen LogP contribution < -0.4 is 9.80 Å². The highest BCUT2D eigenvalue weighted by atomic mass is 79.9. The predicted octanol–water partition coefficient (Wildman–Crippen LogP) is 3.73. The van der Waals surface area contributed by atoms with Crippen molar-refractivity contribution < 1.29 is 0 Å². The van der Waals surface area contributed by atoms with Crippen molar-refractivity contribution in [3.05, 3.63) is 34.8 Å². The van der Waals surface area contributed by atoms with Gasteiger partial charge in [0, 0.05) is 54.8 Å². The fraction of sp³-hybridized carbons (Fsp3) is 0.286. The van der Waals surface area contributed by atoms with Crippen LogP contribution in [0.3, 0.4) is 0 Å². The van der Waals surface area contributed by atoms with E-state index in [2.05, 4.69) is 84.3 Å². The minimum absolute atomic E-state index is 1.14. The standard InChI is InChI=1S/C14H17BrN2/c1-16(2)12-7-5-6-10-11(15)8-9-13(14(10)12)17(3)4/h5-9H,1-4H3. The van der Waals surface area contributed by atoms with Gasteiger partial charge in [0.05, 0.1) is 0 Å². The maximum Gasteiger partial charge on any atom is 0.0462 e. The van der Waals surface area contributed by atoms with Crippen molar-refractivity contribution in [1.29, 1.82) is 0 Å². The van der Waals surface area contributed by atoms with Gasteiger partial charge in [-0.05, 0) is 18.2 Å². The van der Waals surface area contributed by atoms with Crippen LogP contribution in [-0.4, -0.2) is 28.2 Å². The summed E-state index contributed by atoms with van der Waals surface area (Å²) in [5, 5.41) is 2.54. The molecule has 0 spiro atoms. The number of halogens is 1. The normalized spacial score (nSPS) is 10.6. The molecule has 0 radical (unpaired) electrons. The molecule has 2 nitrogen and oxygen atoms in total. The van der Waals surface area contributed by atoms with Crippen molar-refractivity contribution in [1.82, 2.24) is 0 Å². The van der Waals surface area contributed by atoms with Crippen molar-refractivity contribution in [2.45, 2.75) is 0 Å². The van der Waals surface area contributed by atoms with Crippen LogP contribution in [0, 0.1) is 0 Å². The van der Waals surface area contributed by atoms with Crippen LogP contribution in [0.5, 0.6) is 0 Å². The van der Waals surface area contributed by atoms with E-state index in [0.717, 1.165) is 4.47 Å². The van der Waals surface area contributed by atoms with E-state index in [1.807, 2.05) is 0 Å². The molecule has 2 aromatic carbocycles. The molecule has 0 bridgehead atoms. The average Bonchev–Trinajstić information content (AvgIpc) is 2.28. The molecular formula is C14H17BrN2. The second-order valence-electron chi connectivity index (χ2n) is 4.56. The van der Waals surface area contributed by atoms with Gasteiger partial charge in [0.1, 0.15) is 0 Å². The Bertz CT molecular complexity index is 533. The maximum absolute atomic E-state index is 3.63. The van der Waals surface area contributed by atoms with Crippen LogP contribution in [0.1, 0.15) is 0 Å². The van der Waals surface area contributed by atoms with E-state index < -0.39 is 0 Å². The van der Waals surface area contributed by atoms with Gasteiger partial charge in [-0.25, -0.2) is 0 Å². The summed E-state index contributed by atoms with van der Waals surface area (Å²) >= 11 is 3.63. The average molecular weight is 293 g/mol. The van der Waals surface area contributed by atoms with Gasteiger partial charge in [-0.2, -0.15) is 0 Å². The van der Waals surface area contributed by atoms with E-state index in [0.29, 0.717) is 0 Å². The smallest absolute Gasteiger partial charge is 0.0462 e. The molecule has 0 amide bonds. The minimum Gasteiger partial charge on any atom is -0.377 e. The molecule has 2 rings (SSSR count). The molecule has 0 aromatic heterocycles.